The molecular formula is C11H14N2O5S. The van der Waals surface area contributed by atoms with Crippen LogP contribution in [0.5, 0.6) is 0 Å². The summed E-state index contributed by atoms with van der Waals surface area (Å²) in [6.45, 7) is 1.51. The first-order valence-corrected chi connectivity index (χ1v) is 6.63. The van der Waals surface area contributed by atoms with Gasteiger partial charge in [0.25, 0.3) is 0 Å². The molecule has 1 aromatic heterocycles. The van der Waals surface area contributed by atoms with Gasteiger partial charge < -0.3 is 15.1 Å². The number of β-amino-alcohol motifs (C(OH)–C–C–N with tert-alkyl or cyclic N) is 1. The molecule has 1 amide bonds. The third-order valence-electron chi connectivity index (χ3n) is 3.15. The predicted molar refractivity (Wildman–Crippen MR) is 67.1 cm³/mol. The van der Waals surface area contributed by atoms with Crippen molar-refractivity contribution < 1.29 is 19.8 Å². The largest absolute Gasteiger partial charge is 0.480 e. The highest BCUT2D eigenvalue weighted by atomic mass is 32.1. The molecule has 8 heteroatoms. The monoisotopic (exact) mass is 286 g/mol. The second-order valence-electron chi connectivity index (χ2n) is 4.52. The predicted octanol–water partition coefficient (Wildman–Crippen LogP) is -0.735. The number of aliphatic hydroxyl groups is 1. The van der Waals surface area contributed by atoms with Crippen LogP contribution in [0.15, 0.2) is 10.2 Å². The van der Waals surface area contributed by atoms with Gasteiger partial charge in [0.05, 0.1) is 6.10 Å². The Labute approximate surface area is 112 Å². The van der Waals surface area contributed by atoms with Crippen molar-refractivity contribution in [2.45, 2.75) is 32.0 Å². The van der Waals surface area contributed by atoms with Gasteiger partial charge in [-0.1, -0.05) is 11.3 Å². The summed E-state index contributed by atoms with van der Waals surface area (Å²) < 4.78 is 1.30. The van der Waals surface area contributed by atoms with E-state index in [1.54, 1.807) is 12.3 Å². The van der Waals surface area contributed by atoms with Crippen LogP contribution >= 0.6 is 11.3 Å². The molecule has 1 saturated heterocycles. The molecule has 2 heterocycles. The Hall–Kier alpha value is -1.67. The number of aryl methyl sites for hydroxylation is 1. The zero-order valence-electron chi connectivity index (χ0n) is 10.3. The number of aromatic nitrogens is 1. The molecule has 0 bridgehead atoms. The Balaban J connectivity index is 2.16. The summed E-state index contributed by atoms with van der Waals surface area (Å²) in [5.41, 5.74) is 0.662. The lowest BCUT2D eigenvalue weighted by molar-refractivity contribution is -0.148. The number of carbonyl (C=O) groups is 2. The molecule has 7 nitrogen and oxygen atoms in total. The highest BCUT2D eigenvalue weighted by Gasteiger charge is 2.38. The summed E-state index contributed by atoms with van der Waals surface area (Å²) in [4.78, 5) is 35.5. The Morgan fingerprint density at radius 1 is 1.53 bits per heavy atom. The van der Waals surface area contributed by atoms with E-state index >= 15 is 0 Å². The Bertz CT molecular complexity index is 564. The number of rotatable bonds is 3. The van der Waals surface area contributed by atoms with E-state index in [1.165, 1.54) is 4.57 Å². The molecule has 0 saturated carbocycles. The van der Waals surface area contributed by atoms with Gasteiger partial charge in [-0.2, -0.15) is 0 Å². The first kappa shape index (κ1) is 13.8. The fourth-order valence-electron chi connectivity index (χ4n) is 2.15. The number of aliphatic hydroxyl groups excluding tert-OH is 1. The van der Waals surface area contributed by atoms with Gasteiger partial charge in [-0.3, -0.25) is 14.2 Å². The highest BCUT2D eigenvalue weighted by molar-refractivity contribution is 7.07. The van der Waals surface area contributed by atoms with E-state index in [9.17, 15) is 19.5 Å². The molecule has 0 radical (unpaired) electrons. The van der Waals surface area contributed by atoms with Crippen LogP contribution in [0.3, 0.4) is 0 Å². The molecule has 1 aliphatic heterocycles. The van der Waals surface area contributed by atoms with Crippen molar-refractivity contribution in [2.75, 3.05) is 6.54 Å². The number of aliphatic carboxylic acids is 1. The van der Waals surface area contributed by atoms with Crippen molar-refractivity contribution in [1.82, 2.24) is 9.47 Å². The summed E-state index contributed by atoms with van der Waals surface area (Å²) >= 11 is 0.994. The zero-order chi connectivity index (χ0) is 14.2. The van der Waals surface area contributed by atoms with Gasteiger partial charge in [0.1, 0.15) is 12.6 Å². The molecule has 1 fully saturated rings. The quantitative estimate of drug-likeness (QED) is 0.762. The minimum atomic E-state index is -1.14. The van der Waals surface area contributed by atoms with E-state index in [-0.39, 0.29) is 24.4 Å². The second kappa shape index (κ2) is 5.14. The zero-order valence-corrected chi connectivity index (χ0v) is 11.1. The maximum atomic E-state index is 12.1. The van der Waals surface area contributed by atoms with Gasteiger partial charge in [0.15, 0.2) is 0 Å². The van der Waals surface area contributed by atoms with Gasteiger partial charge >= 0.3 is 10.8 Å². The van der Waals surface area contributed by atoms with Crippen LogP contribution in [-0.2, 0) is 16.1 Å². The Morgan fingerprint density at radius 3 is 2.74 bits per heavy atom. The summed E-state index contributed by atoms with van der Waals surface area (Å²) in [6, 6.07) is -1.02. The molecule has 19 heavy (non-hydrogen) atoms. The molecule has 1 aromatic rings. The van der Waals surface area contributed by atoms with Gasteiger partial charge in [-0.15, -0.1) is 0 Å². The third-order valence-corrected chi connectivity index (χ3v) is 4.04. The van der Waals surface area contributed by atoms with Crippen molar-refractivity contribution in [3.8, 4) is 0 Å². The van der Waals surface area contributed by atoms with Gasteiger partial charge in [-0.05, 0) is 6.92 Å². The normalized spacial score (nSPS) is 22.7. The van der Waals surface area contributed by atoms with Crippen molar-refractivity contribution in [1.29, 1.82) is 0 Å². The van der Waals surface area contributed by atoms with Crippen molar-refractivity contribution in [3.05, 3.63) is 20.7 Å². The number of amides is 1. The number of hydrogen-bond acceptors (Lipinski definition) is 5. The standard InChI is InChI=1S/C11H14N2O5S/c1-6-5-19-11(18)12(6)4-9(15)13-3-7(14)2-8(13)10(16)17/h5,7-8,14H,2-4H2,1H3,(H,16,17)/t7?,8-/m0/s1. The smallest absolute Gasteiger partial charge is 0.326 e. The van der Waals surface area contributed by atoms with E-state index in [0.29, 0.717) is 5.69 Å². The molecule has 2 rings (SSSR count). The molecule has 0 aromatic carbocycles. The number of nitrogens with zero attached hydrogens (tertiary/aromatic N) is 2. The van der Waals surface area contributed by atoms with E-state index in [0.717, 1.165) is 16.2 Å². The van der Waals surface area contributed by atoms with E-state index < -0.39 is 24.0 Å². The Morgan fingerprint density at radius 2 is 2.21 bits per heavy atom. The van der Waals surface area contributed by atoms with Gasteiger partial charge in [-0.25, -0.2) is 4.79 Å². The number of carbonyl (C=O) groups excluding carboxylic acids is 1. The van der Waals surface area contributed by atoms with Crippen LogP contribution in [0.1, 0.15) is 12.1 Å². The average molecular weight is 286 g/mol. The highest BCUT2D eigenvalue weighted by Crippen LogP contribution is 2.18. The van der Waals surface area contributed by atoms with Crippen LogP contribution in [0.25, 0.3) is 0 Å². The van der Waals surface area contributed by atoms with Gasteiger partial charge in [0.2, 0.25) is 5.91 Å². The number of likely N-dealkylation sites (tertiary alicyclic amines) is 1. The first-order valence-electron chi connectivity index (χ1n) is 5.75. The van der Waals surface area contributed by atoms with E-state index in [2.05, 4.69) is 0 Å². The maximum Gasteiger partial charge on any atom is 0.326 e. The number of carboxylic acids is 1. The SMILES string of the molecule is Cc1csc(=O)n1CC(=O)N1CC(O)C[C@H]1C(=O)O. The lowest BCUT2D eigenvalue weighted by Gasteiger charge is -2.21. The topological polar surface area (TPSA) is 99.8 Å². The minimum absolute atomic E-state index is 0.00622. The van der Waals surface area contributed by atoms with Crippen molar-refractivity contribution in [3.63, 3.8) is 0 Å². The summed E-state index contributed by atoms with van der Waals surface area (Å²) in [6.07, 6.45) is -0.802. The summed E-state index contributed by atoms with van der Waals surface area (Å²) in [7, 11) is 0. The van der Waals surface area contributed by atoms with E-state index in [1.807, 2.05) is 0 Å². The fourth-order valence-corrected chi connectivity index (χ4v) is 2.88. The first-order chi connectivity index (χ1) is 8.90. The average Bonchev–Trinajstić information content (AvgIpc) is 2.87. The summed E-state index contributed by atoms with van der Waals surface area (Å²) in [5.74, 6) is -1.60. The third kappa shape index (κ3) is 2.69. The number of carboxylic acid groups (broad SMARTS) is 1. The molecule has 1 aliphatic rings. The van der Waals surface area contributed by atoms with Crippen LogP contribution in [0.2, 0.25) is 0 Å². The summed E-state index contributed by atoms with van der Waals surface area (Å²) in [5, 5.41) is 20.1. The number of hydrogen-bond donors (Lipinski definition) is 2. The van der Waals surface area contributed by atoms with E-state index in [4.69, 9.17) is 5.11 Å². The van der Waals surface area contributed by atoms with Gasteiger partial charge in [0, 0.05) is 24.0 Å². The lowest BCUT2D eigenvalue weighted by atomic mass is 10.2. The van der Waals surface area contributed by atoms with Crippen LogP contribution < -0.4 is 4.87 Å². The fraction of sp³-hybridized carbons (Fsp3) is 0.545. The molecular weight excluding hydrogens is 272 g/mol. The molecule has 2 atom stereocenters. The molecule has 0 aliphatic carbocycles. The maximum absolute atomic E-state index is 12.1. The molecule has 2 N–H and O–H groups in total. The second-order valence-corrected chi connectivity index (χ2v) is 5.34. The molecule has 0 spiro atoms. The van der Waals surface area contributed by atoms with Crippen LogP contribution in [-0.4, -0.2) is 50.2 Å². The van der Waals surface area contributed by atoms with Crippen molar-refractivity contribution >= 4 is 23.2 Å². The molecule has 1 unspecified atom stereocenters. The Kier molecular flexibility index (Phi) is 3.72. The van der Waals surface area contributed by atoms with Crippen LogP contribution in [0.4, 0.5) is 0 Å². The molecule has 104 valence electrons. The number of thiazole rings is 1. The lowest BCUT2D eigenvalue weighted by Crippen LogP contribution is -2.43. The van der Waals surface area contributed by atoms with Crippen molar-refractivity contribution in [2.24, 2.45) is 0 Å². The minimum Gasteiger partial charge on any atom is -0.480 e. The van der Waals surface area contributed by atoms with Crippen LogP contribution in [0, 0.1) is 6.92 Å².